The molecule has 6 rings (SSSR count). The van der Waals surface area contributed by atoms with Crippen LogP contribution in [0.2, 0.25) is 0 Å². The fourth-order valence-corrected chi connectivity index (χ4v) is 6.45. The lowest BCUT2D eigenvalue weighted by Gasteiger charge is -2.23. The number of ether oxygens (including phenoxy) is 4. The van der Waals surface area contributed by atoms with Crippen LogP contribution in [-0.4, -0.2) is 43.5 Å². The van der Waals surface area contributed by atoms with Crippen LogP contribution in [0, 0.1) is 0 Å². The van der Waals surface area contributed by atoms with Crippen LogP contribution in [0.3, 0.4) is 0 Å². The molecule has 0 aromatic heterocycles. The molecule has 0 spiro atoms. The monoisotopic (exact) mass is 614 g/mol. The third-order valence-electron chi connectivity index (χ3n) is 8.35. The van der Waals surface area contributed by atoms with Gasteiger partial charge in [-0.1, -0.05) is 32.1 Å². The predicted octanol–water partition coefficient (Wildman–Crippen LogP) is 5.01. The Morgan fingerprint density at radius 2 is 1.18 bits per heavy atom. The zero-order valence-corrected chi connectivity index (χ0v) is 26.8. The Morgan fingerprint density at radius 1 is 0.705 bits per heavy atom. The Hall–Kier alpha value is -3.89. The summed E-state index contributed by atoms with van der Waals surface area (Å²) in [5.41, 5.74) is 6.92. The van der Waals surface area contributed by atoms with Gasteiger partial charge in [0.15, 0.2) is 28.7 Å². The normalized spacial score (nSPS) is 21.4. The lowest BCUT2D eigenvalue weighted by Crippen LogP contribution is -3.00. The molecule has 44 heavy (non-hydrogen) atoms. The molecular weight excluding hydrogens is 575 g/mol. The van der Waals surface area contributed by atoms with E-state index in [2.05, 4.69) is 106 Å². The van der Waals surface area contributed by atoms with Crippen LogP contribution in [0.15, 0.2) is 60.3 Å². The smallest absolute Gasteiger partial charge is 0.762 e. The van der Waals surface area contributed by atoms with Gasteiger partial charge in [-0.05, 0) is 37.6 Å². The van der Waals surface area contributed by atoms with Gasteiger partial charge in [0.1, 0.15) is 7.05 Å². The number of hydrogen-bond acceptors (Lipinski definition) is 5. The zero-order valence-electron chi connectivity index (χ0n) is 26.8. The highest BCUT2D eigenvalue weighted by atomic mass is 19.4. The number of likely N-dealkylation sites (N-methyl/N-ethyl adjacent to an activating group) is 1. The molecule has 0 saturated carbocycles. The first-order valence-electron chi connectivity index (χ1n) is 14.3. The molecule has 2 aromatic carbocycles. The fraction of sp³-hybridized carbons (Fsp3) is 0.424. The van der Waals surface area contributed by atoms with E-state index in [-0.39, 0.29) is 15.5 Å². The maximum Gasteiger partial charge on any atom is 0.762 e. The minimum absolute atomic E-state index is 0. The Balaban J connectivity index is 0.000000834. The summed E-state index contributed by atoms with van der Waals surface area (Å²) in [7, 11) is 0.566. The lowest BCUT2D eigenvalue weighted by molar-refractivity contribution is -0.401. The summed E-state index contributed by atoms with van der Waals surface area (Å²) >= 11 is 0. The molecule has 0 atom stereocenters. The summed E-state index contributed by atoms with van der Waals surface area (Å²) in [6.45, 7) is 16.8. The topological polar surface area (TPSA) is 43.2 Å². The third kappa shape index (κ3) is 5.68. The van der Waals surface area contributed by atoms with Gasteiger partial charge in [0.2, 0.25) is 17.3 Å². The van der Waals surface area contributed by atoms with Crippen molar-refractivity contribution in [3.63, 3.8) is 0 Å². The Kier molecular flexibility index (Phi) is 8.20. The average Bonchev–Trinajstić information content (AvgIpc) is 3.46. The van der Waals surface area contributed by atoms with Crippen molar-refractivity contribution in [1.29, 1.82) is 0 Å². The van der Waals surface area contributed by atoms with Crippen molar-refractivity contribution in [2.45, 2.75) is 77.8 Å². The minimum atomic E-state index is -3.67. The maximum absolute atomic E-state index is 9.67. The van der Waals surface area contributed by atoms with Gasteiger partial charge >= 0.3 is 7.54 Å². The number of halogens is 4. The molecule has 0 bridgehead atoms. The van der Waals surface area contributed by atoms with E-state index in [4.69, 9.17) is 18.9 Å². The highest BCUT2D eigenvalue weighted by molar-refractivity contribution is 6.33. The molecule has 2 aromatic rings. The van der Waals surface area contributed by atoms with E-state index in [0.29, 0.717) is 0 Å². The molecule has 4 aliphatic heterocycles. The molecule has 0 radical (unpaired) electrons. The molecule has 0 fully saturated rings. The first kappa shape index (κ1) is 33.0. The first-order chi connectivity index (χ1) is 19.8. The molecule has 11 heteroatoms. The summed E-state index contributed by atoms with van der Waals surface area (Å²) in [6.07, 6.45) is 10.7. The summed E-state index contributed by atoms with van der Waals surface area (Å²) in [4.78, 5) is 2.25. The molecule has 0 amide bonds. The van der Waals surface area contributed by atoms with E-state index in [1.807, 2.05) is 27.7 Å². The average molecular weight is 614 g/mol. The first-order valence-corrected chi connectivity index (χ1v) is 14.3. The van der Waals surface area contributed by atoms with E-state index in [1.54, 1.807) is 0 Å². The maximum atomic E-state index is 9.67. The van der Waals surface area contributed by atoms with Gasteiger partial charge in [-0.25, -0.2) is 0 Å². The number of anilines is 1. The SMILES string of the molecule is CN1C(=CC=CC=CC2=[N+](C)c3cc4c(cc3C2(C)C)OC(C)(C)O4)C(C)(C)c2cc3c(cc21)OC(C)(C)O3.FB(F)F.[F-]. The molecular formula is C33H39BF4N2O4. The lowest BCUT2D eigenvalue weighted by atomic mass is 9.81. The van der Waals surface area contributed by atoms with Crippen LogP contribution < -0.4 is 28.6 Å². The summed E-state index contributed by atoms with van der Waals surface area (Å²) in [5.74, 6) is 1.97. The van der Waals surface area contributed by atoms with E-state index in [0.717, 1.165) is 34.4 Å². The summed E-state index contributed by atoms with van der Waals surface area (Å²) < 4.78 is 55.3. The van der Waals surface area contributed by atoms with Gasteiger partial charge in [0.05, 0.1) is 11.5 Å². The minimum Gasteiger partial charge on any atom is -1.00 e. The van der Waals surface area contributed by atoms with Crippen LogP contribution in [-0.2, 0) is 10.8 Å². The molecule has 6 nitrogen and oxygen atoms in total. The predicted molar refractivity (Wildman–Crippen MR) is 164 cm³/mol. The second-order valence-electron chi connectivity index (χ2n) is 13.1. The van der Waals surface area contributed by atoms with E-state index in [9.17, 15) is 12.9 Å². The fourth-order valence-electron chi connectivity index (χ4n) is 6.45. The number of fused-ring (bicyclic) bond motifs is 4. The second kappa shape index (κ2) is 10.9. The molecule has 4 aliphatic rings. The van der Waals surface area contributed by atoms with Gasteiger partial charge in [-0.15, -0.1) is 0 Å². The van der Waals surface area contributed by atoms with Gasteiger partial charge in [-0.3, -0.25) is 12.9 Å². The second-order valence-corrected chi connectivity index (χ2v) is 13.1. The number of allylic oxidation sites excluding steroid dienone is 6. The van der Waals surface area contributed by atoms with E-state index < -0.39 is 19.1 Å². The number of hydrogen-bond donors (Lipinski definition) is 0. The van der Waals surface area contributed by atoms with Crippen molar-refractivity contribution in [2.24, 2.45) is 0 Å². The standard InChI is InChI=1S/C33H39N2O4.BF3.FH/c1-30(2)20-16-24-26(38-32(5,6)36-24)18-22(20)34(9)28(30)14-12-11-13-15-29-31(3,4)21-17-25-27(19-23(21)35(29)10)39-33(7,8)37-25;2-1(3)4;/h11-19H,1-10H3;;1H/q+1;;/p-1. The quantitative estimate of drug-likeness (QED) is 0.211. The molecule has 0 unspecified atom stereocenters. The van der Waals surface area contributed by atoms with Crippen LogP contribution in [0.25, 0.3) is 0 Å². The summed E-state index contributed by atoms with van der Waals surface area (Å²) in [6, 6.07) is 8.48. The van der Waals surface area contributed by atoms with Crippen molar-refractivity contribution < 1.29 is 41.2 Å². The van der Waals surface area contributed by atoms with Crippen molar-refractivity contribution in [1.82, 2.24) is 0 Å². The van der Waals surface area contributed by atoms with E-state index in [1.165, 1.54) is 22.5 Å². The third-order valence-corrected chi connectivity index (χ3v) is 8.35. The number of benzene rings is 2. The van der Waals surface area contributed by atoms with Gasteiger partial charge in [-0.2, -0.15) is 4.58 Å². The van der Waals surface area contributed by atoms with Gasteiger partial charge in [0.25, 0.3) is 0 Å². The highest BCUT2D eigenvalue weighted by Crippen LogP contribution is 2.53. The van der Waals surface area contributed by atoms with Crippen molar-refractivity contribution in [2.75, 3.05) is 19.0 Å². The highest BCUT2D eigenvalue weighted by Gasteiger charge is 2.46. The molecule has 0 saturated heterocycles. The summed E-state index contributed by atoms with van der Waals surface area (Å²) in [5, 5.41) is 0. The van der Waals surface area contributed by atoms with Crippen molar-refractivity contribution in [3.8, 4) is 23.0 Å². The largest absolute Gasteiger partial charge is 1.00 e. The van der Waals surface area contributed by atoms with Crippen molar-refractivity contribution in [3.05, 3.63) is 71.5 Å². The zero-order chi connectivity index (χ0) is 31.7. The van der Waals surface area contributed by atoms with Crippen LogP contribution in [0.4, 0.5) is 24.3 Å². The molecule has 0 aliphatic carbocycles. The number of nitrogens with zero attached hydrogens (tertiary/aromatic N) is 2. The van der Waals surface area contributed by atoms with Crippen LogP contribution >= 0.6 is 0 Å². The van der Waals surface area contributed by atoms with Crippen LogP contribution in [0.1, 0.15) is 66.5 Å². The van der Waals surface area contributed by atoms with Crippen LogP contribution in [0.5, 0.6) is 23.0 Å². The number of rotatable bonds is 3. The Labute approximate surface area is 257 Å². The molecule has 236 valence electrons. The molecule has 0 N–H and O–H groups in total. The Morgan fingerprint density at radius 3 is 1.73 bits per heavy atom. The van der Waals surface area contributed by atoms with E-state index >= 15 is 0 Å². The van der Waals surface area contributed by atoms with Gasteiger partial charge < -0.3 is 28.6 Å². The Bertz CT molecular complexity index is 1610. The van der Waals surface area contributed by atoms with Gasteiger partial charge in [0, 0.05) is 69.2 Å². The van der Waals surface area contributed by atoms with Crippen molar-refractivity contribution >= 4 is 24.6 Å². The molecule has 4 heterocycles.